The number of anilines is 1. The van der Waals surface area contributed by atoms with Gasteiger partial charge >= 0.3 is 0 Å². The van der Waals surface area contributed by atoms with Crippen molar-refractivity contribution in [2.24, 2.45) is 0 Å². The maximum Gasteiger partial charge on any atom is 0.252 e. The first-order valence-electron chi connectivity index (χ1n) is 9.24. The Kier molecular flexibility index (Phi) is 5.56. The summed E-state index contributed by atoms with van der Waals surface area (Å²) in [6.07, 6.45) is 5.79. The third-order valence-corrected chi connectivity index (χ3v) is 5.68. The van der Waals surface area contributed by atoms with Gasteiger partial charge in [0.25, 0.3) is 5.91 Å². The van der Waals surface area contributed by atoms with Crippen molar-refractivity contribution in [1.82, 2.24) is 5.32 Å². The number of amides is 1. The molecule has 0 aliphatic heterocycles. The molecule has 6 heteroatoms. The van der Waals surface area contributed by atoms with E-state index in [0.717, 1.165) is 24.7 Å². The van der Waals surface area contributed by atoms with E-state index >= 15 is 0 Å². The molecule has 0 heterocycles. The second kappa shape index (κ2) is 7.72. The summed E-state index contributed by atoms with van der Waals surface area (Å²) in [6.45, 7) is 3.71. The molecule has 0 fully saturated rings. The molecule has 1 aliphatic rings. The van der Waals surface area contributed by atoms with Crippen molar-refractivity contribution in [2.75, 3.05) is 11.0 Å². The number of benzene rings is 2. The Bertz CT molecular complexity index is 967. The Labute approximate surface area is 161 Å². The number of carbonyl (C=O) groups excluding carboxylic acids is 1. The highest BCUT2D eigenvalue weighted by Gasteiger charge is 2.17. The second-order valence-corrected chi connectivity index (χ2v) is 9.03. The molecule has 0 aromatic heterocycles. The van der Waals surface area contributed by atoms with Crippen molar-refractivity contribution < 1.29 is 13.2 Å². The van der Waals surface area contributed by atoms with E-state index < -0.39 is 10.0 Å². The highest BCUT2D eigenvalue weighted by atomic mass is 32.2. The van der Waals surface area contributed by atoms with Crippen LogP contribution in [0.1, 0.15) is 58.4 Å². The molecule has 1 unspecified atom stereocenters. The van der Waals surface area contributed by atoms with Crippen LogP contribution in [-0.4, -0.2) is 20.6 Å². The van der Waals surface area contributed by atoms with E-state index in [9.17, 15) is 13.2 Å². The monoisotopic (exact) mass is 386 g/mol. The Hall–Kier alpha value is -2.34. The average molecular weight is 387 g/mol. The van der Waals surface area contributed by atoms with E-state index in [1.807, 2.05) is 6.92 Å². The lowest BCUT2D eigenvalue weighted by Crippen LogP contribution is -2.27. The summed E-state index contributed by atoms with van der Waals surface area (Å²) in [6, 6.07) is 11.4. The molecule has 0 radical (unpaired) electrons. The number of nitrogens with one attached hydrogen (secondary N) is 2. The molecular weight excluding hydrogens is 360 g/mol. The average Bonchev–Trinajstić information content (AvgIpc) is 2.61. The second-order valence-electron chi connectivity index (χ2n) is 7.28. The summed E-state index contributed by atoms with van der Waals surface area (Å²) in [5.41, 5.74) is 5.39. The summed E-state index contributed by atoms with van der Waals surface area (Å²) in [5.74, 6) is -0.213. The van der Waals surface area contributed by atoms with E-state index in [-0.39, 0.29) is 11.9 Å². The molecule has 2 aromatic rings. The number of carbonyl (C=O) groups is 1. The van der Waals surface area contributed by atoms with Crippen molar-refractivity contribution in [3.63, 3.8) is 0 Å². The fraction of sp³-hybridized carbons (Fsp3) is 0.381. The van der Waals surface area contributed by atoms with Crippen molar-refractivity contribution in [3.8, 4) is 0 Å². The number of fused-ring (bicyclic) bond motifs is 1. The zero-order valence-corrected chi connectivity index (χ0v) is 16.8. The largest absolute Gasteiger partial charge is 0.346 e. The Balaban J connectivity index is 1.78. The zero-order chi connectivity index (χ0) is 19.6. The molecule has 0 bridgehead atoms. The van der Waals surface area contributed by atoms with Crippen LogP contribution in [0.25, 0.3) is 0 Å². The highest BCUT2D eigenvalue weighted by Crippen LogP contribution is 2.25. The number of hydrogen-bond acceptors (Lipinski definition) is 3. The van der Waals surface area contributed by atoms with Gasteiger partial charge in [-0.3, -0.25) is 9.52 Å². The maximum absolute atomic E-state index is 12.8. The molecular formula is C21H26N2O3S. The number of aryl methyl sites for hydroxylation is 2. The van der Waals surface area contributed by atoms with Gasteiger partial charge < -0.3 is 5.32 Å². The predicted molar refractivity (Wildman–Crippen MR) is 109 cm³/mol. The fourth-order valence-corrected chi connectivity index (χ4v) is 4.19. The molecule has 5 nitrogen and oxygen atoms in total. The zero-order valence-electron chi connectivity index (χ0n) is 16.0. The summed E-state index contributed by atoms with van der Waals surface area (Å²) < 4.78 is 25.5. The van der Waals surface area contributed by atoms with Crippen molar-refractivity contribution in [3.05, 3.63) is 64.2 Å². The Morgan fingerprint density at radius 1 is 1.07 bits per heavy atom. The predicted octanol–water partition coefficient (Wildman–Crippen LogP) is 3.74. The summed E-state index contributed by atoms with van der Waals surface area (Å²) in [7, 11) is -3.40. The topological polar surface area (TPSA) is 75.3 Å². The summed E-state index contributed by atoms with van der Waals surface area (Å²) >= 11 is 0. The molecule has 144 valence electrons. The van der Waals surface area contributed by atoms with E-state index in [2.05, 4.69) is 28.2 Å². The van der Waals surface area contributed by atoms with Crippen LogP contribution < -0.4 is 10.0 Å². The first kappa shape index (κ1) is 19.4. The first-order chi connectivity index (χ1) is 12.7. The molecule has 27 heavy (non-hydrogen) atoms. The van der Waals surface area contributed by atoms with E-state index in [4.69, 9.17) is 0 Å². The third kappa shape index (κ3) is 4.69. The molecule has 0 saturated heterocycles. The van der Waals surface area contributed by atoms with Crippen LogP contribution in [0.4, 0.5) is 5.69 Å². The van der Waals surface area contributed by atoms with Crippen LogP contribution in [0.3, 0.4) is 0 Å². The molecule has 0 saturated carbocycles. The molecule has 0 spiro atoms. The van der Waals surface area contributed by atoms with Crippen LogP contribution in [0.5, 0.6) is 0 Å². The lowest BCUT2D eigenvalue weighted by molar-refractivity contribution is 0.0939. The van der Waals surface area contributed by atoms with Gasteiger partial charge in [0, 0.05) is 5.56 Å². The minimum absolute atomic E-state index is 0.129. The smallest absolute Gasteiger partial charge is 0.252 e. The fourth-order valence-electron chi connectivity index (χ4n) is 3.57. The van der Waals surface area contributed by atoms with E-state index in [0.29, 0.717) is 16.8 Å². The molecule has 2 N–H and O–H groups in total. The minimum Gasteiger partial charge on any atom is -0.346 e. The SMILES string of the molecule is Cc1c(NS(C)(=O)=O)cccc1C(=O)NC(C)c1ccc2c(c1)CCCC2. The Morgan fingerprint density at radius 3 is 2.48 bits per heavy atom. The van der Waals surface area contributed by atoms with Crippen LogP contribution in [0.2, 0.25) is 0 Å². The van der Waals surface area contributed by atoms with Gasteiger partial charge in [0.1, 0.15) is 0 Å². The quantitative estimate of drug-likeness (QED) is 0.822. The summed E-state index contributed by atoms with van der Waals surface area (Å²) in [5, 5.41) is 3.03. The first-order valence-corrected chi connectivity index (χ1v) is 11.1. The third-order valence-electron chi connectivity index (χ3n) is 5.09. The molecule has 3 rings (SSSR count). The van der Waals surface area contributed by atoms with Gasteiger partial charge in [-0.05, 0) is 73.9 Å². The van der Waals surface area contributed by atoms with Crippen LogP contribution >= 0.6 is 0 Å². The van der Waals surface area contributed by atoms with Gasteiger partial charge in [0.05, 0.1) is 18.0 Å². The molecule has 1 atom stereocenters. The van der Waals surface area contributed by atoms with Crippen molar-refractivity contribution in [2.45, 2.75) is 45.6 Å². The lowest BCUT2D eigenvalue weighted by Gasteiger charge is -2.20. The van der Waals surface area contributed by atoms with Gasteiger partial charge in [0.15, 0.2) is 0 Å². The maximum atomic E-state index is 12.8. The molecule has 1 aliphatic carbocycles. The van der Waals surface area contributed by atoms with Gasteiger partial charge in [-0.1, -0.05) is 24.3 Å². The van der Waals surface area contributed by atoms with Crippen LogP contribution in [0, 0.1) is 6.92 Å². The van der Waals surface area contributed by atoms with E-state index in [1.165, 1.54) is 24.0 Å². The van der Waals surface area contributed by atoms with Gasteiger partial charge in [-0.25, -0.2) is 8.42 Å². The van der Waals surface area contributed by atoms with Gasteiger partial charge in [-0.2, -0.15) is 0 Å². The molecule has 1 amide bonds. The normalized spacial score (nSPS) is 14.9. The van der Waals surface area contributed by atoms with Crippen molar-refractivity contribution in [1.29, 1.82) is 0 Å². The summed E-state index contributed by atoms with van der Waals surface area (Å²) in [4.78, 5) is 12.8. The standard InChI is InChI=1S/C21H26N2O3S/c1-14-19(9-6-10-20(14)23-27(3,25)26)21(24)22-15(2)17-12-11-16-7-4-5-8-18(16)13-17/h6,9-13,15,23H,4-5,7-8H2,1-3H3,(H,22,24). The van der Waals surface area contributed by atoms with Gasteiger partial charge in [-0.15, -0.1) is 0 Å². The number of rotatable bonds is 5. The number of sulfonamides is 1. The Morgan fingerprint density at radius 2 is 1.78 bits per heavy atom. The highest BCUT2D eigenvalue weighted by molar-refractivity contribution is 7.92. The molecule has 2 aromatic carbocycles. The van der Waals surface area contributed by atoms with Crippen LogP contribution in [-0.2, 0) is 22.9 Å². The van der Waals surface area contributed by atoms with E-state index in [1.54, 1.807) is 25.1 Å². The van der Waals surface area contributed by atoms with Crippen LogP contribution in [0.15, 0.2) is 36.4 Å². The van der Waals surface area contributed by atoms with Crippen molar-refractivity contribution >= 4 is 21.6 Å². The minimum atomic E-state index is -3.40. The lowest BCUT2D eigenvalue weighted by atomic mass is 9.89. The number of hydrogen-bond donors (Lipinski definition) is 2. The van der Waals surface area contributed by atoms with Gasteiger partial charge in [0.2, 0.25) is 10.0 Å².